The number of rotatable bonds is 4. The molecule has 1 saturated carbocycles. The van der Waals surface area contributed by atoms with Gasteiger partial charge >= 0.3 is 5.97 Å². The highest BCUT2D eigenvalue weighted by molar-refractivity contribution is 5.86. The van der Waals surface area contributed by atoms with E-state index in [4.69, 9.17) is 9.47 Å². The van der Waals surface area contributed by atoms with Crippen LogP contribution in [0.2, 0.25) is 0 Å². The van der Waals surface area contributed by atoms with Gasteiger partial charge in [-0.05, 0) is 26.7 Å². The van der Waals surface area contributed by atoms with Crippen LogP contribution >= 0.6 is 0 Å². The summed E-state index contributed by atoms with van der Waals surface area (Å²) in [6.45, 7) is 8.43. The number of carbonyl (C=O) groups is 2. The van der Waals surface area contributed by atoms with Crippen molar-refractivity contribution in [2.45, 2.75) is 59.0 Å². The van der Waals surface area contributed by atoms with Crippen molar-refractivity contribution in [3.8, 4) is 0 Å². The van der Waals surface area contributed by atoms with Crippen LogP contribution in [-0.2, 0) is 19.1 Å². The van der Waals surface area contributed by atoms with Gasteiger partial charge in [0.2, 0.25) is 0 Å². The lowest BCUT2D eigenvalue weighted by Crippen LogP contribution is -2.46. The standard InChI is InChI=1S/C11H18O4.C2H6/c1-3-14-10(13)11(15-4-2)7-5-9(12)6-8-11;1-2/h3-8H2,1-2H3;1-2H3. The molecule has 1 aliphatic carbocycles. The van der Waals surface area contributed by atoms with Crippen LogP contribution in [0.3, 0.4) is 0 Å². The van der Waals surface area contributed by atoms with Gasteiger partial charge in [0.25, 0.3) is 0 Å². The summed E-state index contributed by atoms with van der Waals surface area (Å²) in [5, 5.41) is 0. The Morgan fingerprint density at radius 1 is 1.18 bits per heavy atom. The number of hydrogen-bond donors (Lipinski definition) is 0. The molecule has 0 unspecified atom stereocenters. The molecule has 0 saturated heterocycles. The molecule has 17 heavy (non-hydrogen) atoms. The Kier molecular flexibility index (Phi) is 7.79. The average Bonchev–Trinajstić information content (AvgIpc) is 2.35. The Labute approximate surface area is 104 Å². The maximum Gasteiger partial charge on any atom is 0.338 e. The Morgan fingerprint density at radius 3 is 2.12 bits per heavy atom. The zero-order valence-electron chi connectivity index (χ0n) is 11.4. The summed E-state index contributed by atoms with van der Waals surface area (Å²) in [6, 6.07) is 0. The monoisotopic (exact) mass is 244 g/mol. The van der Waals surface area contributed by atoms with Crippen molar-refractivity contribution in [2.24, 2.45) is 0 Å². The maximum atomic E-state index is 11.8. The average molecular weight is 244 g/mol. The second-order valence-corrected chi connectivity index (χ2v) is 3.69. The molecule has 1 rings (SSSR count). The van der Waals surface area contributed by atoms with Crippen molar-refractivity contribution < 1.29 is 19.1 Å². The number of hydrogen-bond acceptors (Lipinski definition) is 4. The quantitative estimate of drug-likeness (QED) is 0.713. The second-order valence-electron chi connectivity index (χ2n) is 3.69. The van der Waals surface area contributed by atoms with E-state index in [2.05, 4.69) is 0 Å². The van der Waals surface area contributed by atoms with Crippen molar-refractivity contribution in [1.29, 1.82) is 0 Å². The topological polar surface area (TPSA) is 52.6 Å². The minimum Gasteiger partial charge on any atom is -0.464 e. The molecular formula is C13H24O4. The summed E-state index contributed by atoms with van der Waals surface area (Å²) < 4.78 is 10.5. The van der Waals surface area contributed by atoms with Crippen LogP contribution in [0.25, 0.3) is 0 Å². The zero-order chi connectivity index (χ0) is 13.3. The number of esters is 1. The summed E-state index contributed by atoms with van der Waals surface area (Å²) in [5.74, 6) is -0.117. The van der Waals surface area contributed by atoms with Gasteiger partial charge in [-0.2, -0.15) is 0 Å². The minimum atomic E-state index is -0.862. The molecular weight excluding hydrogens is 220 g/mol. The molecule has 1 fully saturated rings. The predicted octanol–water partition coefficient (Wildman–Crippen LogP) is 2.49. The molecule has 0 aliphatic heterocycles. The molecule has 4 nitrogen and oxygen atoms in total. The van der Waals surface area contributed by atoms with Gasteiger partial charge in [-0.1, -0.05) is 13.8 Å². The first kappa shape index (κ1) is 16.1. The summed E-state index contributed by atoms with van der Waals surface area (Å²) in [7, 11) is 0. The van der Waals surface area contributed by atoms with E-state index >= 15 is 0 Å². The lowest BCUT2D eigenvalue weighted by molar-refractivity contribution is -0.176. The van der Waals surface area contributed by atoms with Crippen molar-refractivity contribution >= 4 is 11.8 Å². The summed E-state index contributed by atoms with van der Waals surface area (Å²) in [5.41, 5.74) is -0.862. The fourth-order valence-electron chi connectivity index (χ4n) is 1.88. The van der Waals surface area contributed by atoms with E-state index < -0.39 is 5.60 Å². The van der Waals surface area contributed by atoms with Crippen molar-refractivity contribution in [2.75, 3.05) is 13.2 Å². The maximum absolute atomic E-state index is 11.8. The minimum absolute atomic E-state index is 0.203. The van der Waals surface area contributed by atoms with Crippen LogP contribution < -0.4 is 0 Å². The molecule has 1 aliphatic rings. The Bertz CT molecular complexity index is 238. The van der Waals surface area contributed by atoms with Crippen LogP contribution in [0.5, 0.6) is 0 Å². The molecule has 0 aromatic rings. The summed E-state index contributed by atoms with van der Waals surface area (Å²) in [6.07, 6.45) is 1.74. The van der Waals surface area contributed by atoms with E-state index in [1.165, 1.54) is 0 Å². The summed E-state index contributed by atoms with van der Waals surface area (Å²) in [4.78, 5) is 22.9. The van der Waals surface area contributed by atoms with Gasteiger partial charge in [0, 0.05) is 19.4 Å². The Hall–Kier alpha value is -0.900. The van der Waals surface area contributed by atoms with E-state index in [0.29, 0.717) is 38.9 Å². The highest BCUT2D eigenvalue weighted by Crippen LogP contribution is 2.31. The van der Waals surface area contributed by atoms with Gasteiger partial charge in [0.15, 0.2) is 5.60 Å². The molecule has 0 amide bonds. The lowest BCUT2D eigenvalue weighted by atomic mass is 9.84. The molecule has 0 radical (unpaired) electrons. The fourth-order valence-corrected chi connectivity index (χ4v) is 1.88. The van der Waals surface area contributed by atoms with Crippen LogP contribution in [0.1, 0.15) is 53.4 Å². The smallest absolute Gasteiger partial charge is 0.338 e. The SMILES string of the molecule is CC.CCOC(=O)C1(OCC)CCC(=O)CC1. The number of ketones is 1. The Balaban J connectivity index is 0.00000121. The number of Topliss-reactive ketones (excluding diaryl/α,β-unsaturated/α-hetero) is 1. The van der Waals surface area contributed by atoms with Crippen molar-refractivity contribution in [3.05, 3.63) is 0 Å². The highest BCUT2D eigenvalue weighted by atomic mass is 16.6. The first-order valence-electron chi connectivity index (χ1n) is 6.47. The normalized spacial score (nSPS) is 18.0. The third kappa shape index (κ3) is 4.46. The zero-order valence-corrected chi connectivity index (χ0v) is 11.4. The molecule has 0 bridgehead atoms. The van der Waals surface area contributed by atoms with Crippen LogP contribution in [0, 0.1) is 0 Å². The van der Waals surface area contributed by atoms with Gasteiger partial charge in [-0.15, -0.1) is 0 Å². The van der Waals surface area contributed by atoms with Gasteiger partial charge in [0.05, 0.1) is 6.61 Å². The highest BCUT2D eigenvalue weighted by Gasteiger charge is 2.43. The predicted molar refractivity (Wildman–Crippen MR) is 65.8 cm³/mol. The van der Waals surface area contributed by atoms with E-state index in [-0.39, 0.29) is 11.8 Å². The molecule has 0 aromatic heterocycles. The second kappa shape index (κ2) is 8.23. The van der Waals surface area contributed by atoms with Crippen LogP contribution in [-0.4, -0.2) is 30.6 Å². The molecule has 0 aromatic carbocycles. The van der Waals surface area contributed by atoms with Gasteiger partial charge < -0.3 is 9.47 Å². The lowest BCUT2D eigenvalue weighted by Gasteiger charge is -2.33. The van der Waals surface area contributed by atoms with Crippen molar-refractivity contribution in [1.82, 2.24) is 0 Å². The van der Waals surface area contributed by atoms with E-state index in [1.807, 2.05) is 20.8 Å². The van der Waals surface area contributed by atoms with E-state index in [1.54, 1.807) is 6.92 Å². The first-order chi connectivity index (χ1) is 8.14. The fraction of sp³-hybridized carbons (Fsp3) is 0.846. The van der Waals surface area contributed by atoms with Crippen molar-refractivity contribution in [3.63, 3.8) is 0 Å². The van der Waals surface area contributed by atoms with Crippen LogP contribution in [0.4, 0.5) is 0 Å². The molecule has 100 valence electrons. The van der Waals surface area contributed by atoms with Gasteiger partial charge in [-0.3, -0.25) is 4.79 Å². The van der Waals surface area contributed by atoms with Gasteiger partial charge in [0.1, 0.15) is 5.78 Å². The molecule has 0 spiro atoms. The molecule has 4 heteroatoms. The van der Waals surface area contributed by atoms with E-state index in [9.17, 15) is 9.59 Å². The van der Waals surface area contributed by atoms with E-state index in [0.717, 1.165) is 0 Å². The molecule has 0 heterocycles. The summed E-state index contributed by atoms with van der Waals surface area (Å²) >= 11 is 0. The Morgan fingerprint density at radius 2 is 1.71 bits per heavy atom. The molecule has 0 N–H and O–H groups in total. The third-order valence-electron chi connectivity index (χ3n) is 2.68. The van der Waals surface area contributed by atoms with Crippen LogP contribution in [0.15, 0.2) is 0 Å². The third-order valence-corrected chi connectivity index (χ3v) is 2.68. The largest absolute Gasteiger partial charge is 0.464 e. The molecule has 0 atom stereocenters. The number of carbonyl (C=O) groups excluding carboxylic acids is 2. The number of ether oxygens (including phenoxy) is 2. The van der Waals surface area contributed by atoms with Gasteiger partial charge in [-0.25, -0.2) is 4.79 Å². The first-order valence-corrected chi connectivity index (χ1v) is 6.47.